The van der Waals surface area contributed by atoms with Crippen LogP contribution in [-0.4, -0.2) is 0 Å². The van der Waals surface area contributed by atoms with Crippen LogP contribution in [0.2, 0.25) is 0 Å². The number of benzene rings is 11. The van der Waals surface area contributed by atoms with Crippen molar-refractivity contribution in [2.75, 3.05) is 4.90 Å². The van der Waals surface area contributed by atoms with Crippen molar-refractivity contribution in [2.45, 2.75) is 5.41 Å². The normalized spacial score (nSPS) is 12.7. The lowest BCUT2D eigenvalue weighted by atomic mass is 9.67. The number of anilines is 3. The van der Waals surface area contributed by atoms with Crippen LogP contribution in [0.15, 0.2) is 270 Å². The molecule has 1 aliphatic carbocycles. The predicted molar refractivity (Wildman–Crippen MR) is 289 cm³/mol. The van der Waals surface area contributed by atoms with Crippen LogP contribution in [0.5, 0.6) is 0 Å². The number of hydrogen-bond donors (Lipinski definition) is 0. The fraction of sp³-hybridized carbons (Fsp3) is 0.0149. The van der Waals surface area contributed by atoms with E-state index in [1.165, 1.54) is 55.6 Å². The average molecular weight is 894 g/mol. The second-order valence-corrected chi connectivity index (χ2v) is 18.4. The quantitative estimate of drug-likeness (QED) is 0.152. The van der Waals surface area contributed by atoms with Gasteiger partial charge < -0.3 is 13.7 Å². The summed E-state index contributed by atoms with van der Waals surface area (Å²) in [4.78, 5) is 2.37. The van der Waals surface area contributed by atoms with Crippen LogP contribution in [0.3, 0.4) is 0 Å². The summed E-state index contributed by atoms with van der Waals surface area (Å²) in [6.45, 7) is 0. The zero-order chi connectivity index (χ0) is 46.2. The lowest BCUT2D eigenvalue weighted by Gasteiger charge is -2.35. The second-order valence-electron chi connectivity index (χ2n) is 18.4. The molecule has 11 aromatic carbocycles. The first kappa shape index (κ1) is 39.9. The largest absolute Gasteiger partial charge is 0.456 e. The third-order valence-corrected chi connectivity index (χ3v) is 14.6. The highest BCUT2D eigenvalue weighted by molar-refractivity contribution is 6.14. The Balaban J connectivity index is 0.945. The van der Waals surface area contributed by atoms with E-state index in [0.717, 1.165) is 72.1 Å². The summed E-state index contributed by atoms with van der Waals surface area (Å²) in [5.41, 5.74) is 20.5. The van der Waals surface area contributed by atoms with Gasteiger partial charge in [0.1, 0.15) is 22.3 Å². The van der Waals surface area contributed by atoms with E-state index in [4.69, 9.17) is 8.83 Å². The van der Waals surface area contributed by atoms with Crippen LogP contribution in [0.25, 0.3) is 88.4 Å². The summed E-state index contributed by atoms with van der Waals surface area (Å²) in [6.07, 6.45) is 0. The summed E-state index contributed by atoms with van der Waals surface area (Å²) in [7, 11) is 0. The SMILES string of the molecule is c1ccc(-c2ccc(N(c3ccc(C4(c5cccc(-c6ccccc6)c5)c5ccccc5-c5ccccc54)cc3)c3ccc4oc5cccc(-c6ccc7c(c6)oc6ccccc67)c5c4c3)cc2)cc1. The standard InChI is InChI=1S/C67H43NO2/c1-3-15-44(16-4-1)46-29-34-51(35-30-46)68(53-38-40-63-59(43-53)66-54(24-14-28-64(66)69-63)48-31-39-58-57-23-9-12-27-62(57)70-65(58)42-48)52-36-32-49(33-37-52)67(50-20-13-19-47(41-50)45-17-5-2-6-18-45)60-25-10-7-21-55(60)56-22-8-11-26-61(56)67/h1-43H. The Morgan fingerprint density at radius 2 is 0.786 bits per heavy atom. The van der Waals surface area contributed by atoms with Gasteiger partial charge in [-0.3, -0.25) is 0 Å². The summed E-state index contributed by atoms with van der Waals surface area (Å²) >= 11 is 0. The molecule has 13 aromatic rings. The first-order valence-electron chi connectivity index (χ1n) is 24.0. The van der Waals surface area contributed by atoms with Crippen LogP contribution < -0.4 is 4.90 Å². The van der Waals surface area contributed by atoms with Gasteiger partial charge in [-0.15, -0.1) is 0 Å². The maximum atomic E-state index is 6.64. The number of para-hydroxylation sites is 1. The molecule has 14 rings (SSSR count). The molecule has 0 radical (unpaired) electrons. The molecule has 0 spiro atoms. The number of rotatable bonds is 8. The maximum Gasteiger partial charge on any atom is 0.136 e. The highest BCUT2D eigenvalue weighted by atomic mass is 16.3. The van der Waals surface area contributed by atoms with Crippen molar-refractivity contribution in [3.63, 3.8) is 0 Å². The van der Waals surface area contributed by atoms with Gasteiger partial charge in [0.05, 0.1) is 5.41 Å². The molecule has 0 amide bonds. The van der Waals surface area contributed by atoms with E-state index in [1.807, 2.05) is 12.1 Å². The van der Waals surface area contributed by atoms with Gasteiger partial charge in [-0.2, -0.15) is 0 Å². The minimum absolute atomic E-state index is 0.560. The molecule has 3 heteroatoms. The van der Waals surface area contributed by atoms with Gasteiger partial charge in [-0.1, -0.05) is 188 Å². The maximum absolute atomic E-state index is 6.64. The molecule has 2 aromatic heterocycles. The molecule has 0 saturated heterocycles. The summed E-state index contributed by atoms with van der Waals surface area (Å²) in [6, 6.07) is 94.4. The molecule has 0 aliphatic heterocycles. The molecule has 70 heavy (non-hydrogen) atoms. The minimum Gasteiger partial charge on any atom is -0.456 e. The molecule has 0 saturated carbocycles. The Labute approximate surface area is 405 Å². The summed E-state index contributed by atoms with van der Waals surface area (Å²) in [5.74, 6) is 0. The van der Waals surface area contributed by atoms with Gasteiger partial charge >= 0.3 is 0 Å². The highest BCUT2D eigenvalue weighted by Crippen LogP contribution is 2.57. The molecular formula is C67H43NO2. The first-order valence-corrected chi connectivity index (χ1v) is 24.0. The van der Waals surface area contributed by atoms with Crippen molar-refractivity contribution in [3.8, 4) is 44.5 Å². The Morgan fingerprint density at radius 1 is 0.271 bits per heavy atom. The second kappa shape index (κ2) is 16.0. The van der Waals surface area contributed by atoms with E-state index in [0.29, 0.717) is 0 Å². The number of hydrogen-bond acceptors (Lipinski definition) is 3. The van der Waals surface area contributed by atoms with Crippen molar-refractivity contribution in [1.29, 1.82) is 0 Å². The molecule has 0 atom stereocenters. The van der Waals surface area contributed by atoms with Crippen molar-refractivity contribution in [1.82, 2.24) is 0 Å². The molecule has 0 unspecified atom stereocenters. The van der Waals surface area contributed by atoms with E-state index < -0.39 is 5.41 Å². The predicted octanol–water partition coefficient (Wildman–Crippen LogP) is 18.3. The third kappa shape index (κ3) is 6.22. The van der Waals surface area contributed by atoms with E-state index in [1.54, 1.807) is 0 Å². The van der Waals surface area contributed by atoms with E-state index in [9.17, 15) is 0 Å². The van der Waals surface area contributed by atoms with Gasteiger partial charge in [0.15, 0.2) is 0 Å². The fourth-order valence-corrected chi connectivity index (χ4v) is 11.4. The third-order valence-electron chi connectivity index (χ3n) is 14.6. The van der Waals surface area contributed by atoms with Crippen LogP contribution in [0.1, 0.15) is 22.3 Å². The number of furan rings is 2. The van der Waals surface area contributed by atoms with Crippen molar-refractivity contribution < 1.29 is 8.83 Å². The highest BCUT2D eigenvalue weighted by Gasteiger charge is 2.46. The Morgan fingerprint density at radius 3 is 1.53 bits per heavy atom. The van der Waals surface area contributed by atoms with E-state index in [-0.39, 0.29) is 0 Å². The topological polar surface area (TPSA) is 29.5 Å². The molecule has 3 nitrogen and oxygen atoms in total. The van der Waals surface area contributed by atoms with Crippen LogP contribution >= 0.6 is 0 Å². The van der Waals surface area contributed by atoms with Crippen molar-refractivity contribution in [3.05, 3.63) is 283 Å². The molecule has 2 heterocycles. The lowest BCUT2D eigenvalue weighted by Crippen LogP contribution is -2.28. The van der Waals surface area contributed by atoms with E-state index in [2.05, 4.69) is 254 Å². The monoisotopic (exact) mass is 893 g/mol. The molecule has 328 valence electrons. The zero-order valence-corrected chi connectivity index (χ0v) is 38.1. The van der Waals surface area contributed by atoms with Gasteiger partial charge in [0.25, 0.3) is 0 Å². The van der Waals surface area contributed by atoms with Crippen LogP contribution in [0, 0.1) is 0 Å². The zero-order valence-electron chi connectivity index (χ0n) is 38.1. The smallest absolute Gasteiger partial charge is 0.136 e. The van der Waals surface area contributed by atoms with Crippen LogP contribution in [-0.2, 0) is 5.41 Å². The first-order chi connectivity index (χ1) is 34.7. The minimum atomic E-state index is -0.560. The molecule has 0 fully saturated rings. The molecule has 1 aliphatic rings. The van der Waals surface area contributed by atoms with Gasteiger partial charge in [0, 0.05) is 38.6 Å². The Hall–Kier alpha value is -9.18. The molecular weight excluding hydrogens is 851 g/mol. The fourth-order valence-electron chi connectivity index (χ4n) is 11.4. The van der Waals surface area contributed by atoms with Gasteiger partial charge in [-0.05, 0) is 140 Å². The summed E-state index contributed by atoms with van der Waals surface area (Å²) in [5, 5.41) is 4.35. The number of nitrogens with zero attached hydrogens (tertiary/aromatic N) is 1. The summed E-state index contributed by atoms with van der Waals surface area (Å²) < 4.78 is 13.0. The van der Waals surface area contributed by atoms with Crippen molar-refractivity contribution in [2.24, 2.45) is 0 Å². The van der Waals surface area contributed by atoms with Gasteiger partial charge in [-0.25, -0.2) is 0 Å². The average Bonchev–Trinajstić information content (AvgIpc) is 4.10. The Kier molecular flexibility index (Phi) is 9.11. The Bertz CT molecular complexity index is 4060. The molecule has 0 bridgehead atoms. The lowest BCUT2D eigenvalue weighted by molar-refractivity contribution is 0.668. The van der Waals surface area contributed by atoms with Gasteiger partial charge in [0.2, 0.25) is 0 Å². The van der Waals surface area contributed by atoms with Crippen LogP contribution in [0.4, 0.5) is 17.1 Å². The molecule has 0 N–H and O–H groups in total. The number of fused-ring (bicyclic) bond motifs is 9. The van der Waals surface area contributed by atoms with E-state index >= 15 is 0 Å². The van der Waals surface area contributed by atoms with Crippen molar-refractivity contribution >= 4 is 60.9 Å².